The van der Waals surface area contributed by atoms with Gasteiger partial charge >= 0.3 is 0 Å². The molecule has 2 aromatic carbocycles. The van der Waals surface area contributed by atoms with Crippen molar-refractivity contribution in [1.29, 1.82) is 0 Å². The summed E-state index contributed by atoms with van der Waals surface area (Å²) < 4.78 is 0. The molecule has 2 fully saturated rings. The van der Waals surface area contributed by atoms with Crippen molar-refractivity contribution in [3.63, 3.8) is 0 Å². The predicted octanol–water partition coefficient (Wildman–Crippen LogP) is 4.90. The van der Waals surface area contributed by atoms with E-state index in [1.165, 1.54) is 11.6 Å². The van der Waals surface area contributed by atoms with Crippen LogP contribution in [-0.2, 0) is 4.79 Å². The minimum Gasteiger partial charge on any atom is -0.343 e. The molecule has 2 aliphatic rings. The van der Waals surface area contributed by atoms with E-state index in [1.54, 1.807) is 13.0 Å². The van der Waals surface area contributed by atoms with Gasteiger partial charge in [0, 0.05) is 24.2 Å². The molecule has 0 aromatic heterocycles. The van der Waals surface area contributed by atoms with E-state index in [1.807, 2.05) is 4.90 Å². The second-order valence-electron chi connectivity index (χ2n) is 9.51. The second-order valence-corrected chi connectivity index (χ2v) is 10.3. The number of aryl methyl sites for hydroxylation is 1. The average molecular weight is 488 g/mol. The van der Waals surface area contributed by atoms with E-state index in [4.69, 9.17) is 23.2 Å². The molecular weight excluding hydrogens is 457 g/mol. The molecule has 2 aromatic rings. The maximum absolute atomic E-state index is 12.8. The average Bonchev–Trinajstić information content (AvgIpc) is 3.24. The SMILES string of the molecule is Cc1cc(C(=O)NCC(=O)N2CCC(C)(N3CCC(c4ccccc4)CC3)C2)cc(Cl)c1Cl. The molecule has 1 atom stereocenters. The lowest BCUT2D eigenvalue weighted by molar-refractivity contribution is -0.129. The number of hydrogen-bond donors (Lipinski definition) is 1. The lowest BCUT2D eigenvalue weighted by Crippen LogP contribution is -2.52. The zero-order valence-electron chi connectivity index (χ0n) is 19.2. The first-order valence-electron chi connectivity index (χ1n) is 11.6. The Morgan fingerprint density at radius 2 is 1.79 bits per heavy atom. The summed E-state index contributed by atoms with van der Waals surface area (Å²) in [6, 6.07) is 14.0. The third kappa shape index (κ3) is 5.37. The Morgan fingerprint density at radius 3 is 2.45 bits per heavy atom. The van der Waals surface area contributed by atoms with Crippen molar-refractivity contribution in [3.05, 3.63) is 69.2 Å². The number of nitrogens with zero attached hydrogens (tertiary/aromatic N) is 2. The maximum atomic E-state index is 12.8. The van der Waals surface area contributed by atoms with Crippen LogP contribution in [0.15, 0.2) is 42.5 Å². The van der Waals surface area contributed by atoms with Gasteiger partial charge in [-0.15, -0.1) is 0 Å². The van der Waals surface area contributed by atoms with E-state index in [-0.39, 0.29) is 23.9 Å². The van der Waals surface area contributed by atoms with Crippen LogP contribution in [0.2, 0.25) is 10.0 Å². The molecule has 4 rings (SSSR count). The smallest absolute Gasteiger partial charge is 0.251 e. The Bertz CT molecular complexity index is 998. The molecule has 1 N–H and O–H groups in total. The molecule has 2 saturated heterocycles. The molecule has 1 unspecified atom stereocenters. The highest BCUT2D eigenvalue weighted by molar-refractivity contribution is 6.42. The van der Waals surface area contributed by atoms with E-state index in [9.17, 15) is 9.59 Å². The van der Waals surface area contributed by atoms with Gasteiger partial charge in [0.1, 0.15) is 0 Å². The lowest BCUT2D eigenvalue weighted by atomic mass is 9.86. The van der Waals surface area contributed by atoms with Crippen molar-refractivity contribution < 1.29 is 9.59 Å². The number of likely N-dealkylation sites (tertiary alicyclic amines) is 2. The van der Waals surface area contributed by atoms with E-state index in [0.29, 0.717) is 28.1 Å². The standard InChI is InChI=1S/C26H31Cl2N3O2/c1-18-14-21(15-22(27)24(18)28)25(33)29-16-23(32)30-13-10-26(2,17-30)31-11-8-20(9-12-31)19-6-4-3-5-7-19/h3-7,14-15,20H,8-13,16-17H2,1-2H3,(H,29,33). The van der Waals surface area contributed by atoms with Crippen LogP contribution < -0.4 is 5.32 Å². The first-order chi connectivity index (χ1) is 15.8. The van der Waals surface area contributed by atoms with Gasteiger partial charge in [0.25, 0.3) is 5.91 Å². The van der Waals surface area contributed by atoms with Crippen LogP contribution in [-0.4, -0.2) is 59.9 Å². The van der Waals surface area contributed by atoms with Crippen molar-refractivity contribution in [3.8, 4) is 0 Å². The number of rotatable bonds is 5. The summed E-state index contributed by atoms with van der Waals surface area (Å²) in [6.45, 7) is 7.55. The molecule has 2 aliphatic heterocycles. The van der Waals surface area contributed by atoms with Crippen molar-refractivity contribution in [1.82, 2.24) is 15.1 Å². The summed E-state index contributed by atoms with van der Waals surface area (Å²) in [6.07, 6.45) is 3.24. The molecule has 0 spiro atoms. The first kappa shape index (κ1) is 24.1. The Labute approximate surface area is 206 Å². The Morgan fingerprint density at radius 1 is 1.09 bits per heavy atom. The Hall–Kier alpha value is -2.08. The molecule has 2 heterocycles. The van der Waals surface area contributed by atoms with Crippen LogP contribution in [0.3, 0.4) is 0 Å². The van der Waals surface area contributed by atoms with Crippen molar-refractivity contribution in [2.45, 2.75) is 44.6 Å². The molecule has 0 bridgehead atoms. The minimum absolute atomic E-state index is 0.0118. The predicted molar refractivity (Wildman–Crippen MR) is 133 cm³/mol. The second kappa shape index (κ2) is 10.0. The third-order valence-corrected chi connectivity index (χ3v) is 8.10. The number of hydrogen-bond acceptors (Lipinski definition) is 3. The van der Waals surface area contributed by atoms with Crippen LogP contribution in [0.1, 0.15) is 53.6 Å². The van der Waals surface area contributed by atoms with Gasteiger partial charge in [0.2, 0.25) is 5.91 Å². The van der Waals surface area contributed by atoms with Gasteiger partial charge in [-0.3, -0.25) is 14.5 Å². The number of amides is 2. The Balaban J connectivity index is 1.28. The summed E-state index contributed by atoms with van der Waals surface area (Å²) in [5, 5.41) is 3.51. The normalized spacial score (nSPS) is 21.9. The number of piperidine rings is 1. The fourth-order valence-corrected chi connectivity index (χ4v) is 5.50. The summed E-state index contributed by atoms with van der Waals surface area (Å²) in [5.41, 5.74) is 2.55. The van der Waals surface area contributed by atoms with Crippen LogP contribution in [0.25, 0.3) is 0 Å². The van der Waals surface area contributed by atoms with Crippen LogP contribution in [0, 0.1) is 6.92 Å². The fourth-order valence-electron chi connectivity index (χ4n) is 5.12. The number of carbonyl (C=O) groups is 2. The van der Waals surface area contributed by atoms with Gasteiger partial charge < -0.3 is 10.2 Å². The van der Waals surface area contributed by atoms with Crippen LogP contribution >= 0.6 is 23.2 Å². The summed E-state index contributed by atoms with van der Waals surface area (Å²) in [4.78, 5) is 29.8. The largest absolute Gasteiger partial charge is 0.343 e. The molecule has 176 valence electrons. The summed E-state index contributed by atoms with van der Waals surface area (Å²) in [5.74, 6) is 0.239. The lowest BCUT2D eigenvalue weighted by Gasteiger charge is -2.43. The van der Waals surface area contributed by atoms with E-state index in [2.05, 4.69) is 47.5 Å². The van der Waals surface area contributed by atoms with E-state index < -0.39 is 0 Å². The number of carbonyl (C=O) groups excluding carboxylic acids is 2. The highest BCUT2D eigenvalue weighted by atomic mass is 35.5. The van der Waals surface area contributed by atoms with Crippen molar-refractivity contribution in [2.75, 3.05) is 32.7 Å². The molecular formula is C26H31Cl2N3O2. The van der Waals surface area contributed by atoms with Crippen LogP contribution in [0.4, 0.5) is 0 Å². The number of benzene rings is 2. The summed E-state index contributed by atoms with van der Waals surface area (Å²) in [7, 11) is 0. The quantitative estimate of drug-likeness (QED) is 0.652. The first-order valence-corrected chi connectivity index (χ1v) is 12.3. The van der Waals surface area contributed by atoms with Crippen molar-refractivity contribution in [2.24, 2.45) is 0 Å². The topological polar surface area (TPSA) is 52.7 Å². The van der Waals surface area contributed by atoms with E-state index >= 15 is 0 Å². The highest BCUT2D eigenvalue weighted by Gasteiger charge is 2.41. The molecule has 0 aliphatic carbocycles. The highest BCUT2D eigenvalue weighted by Crippen LogP contribution is 2.35. The van der Waals surface area contributed by atoms with Gasteiger partial charge in [-0.1, -0.05) is 53.5 Å². The molecule has 33 heavy (non-hydrogen) atoms. The number of nitrogens with one attached hydrogen (secondary N) is 1. The molecule has 0 saturated carbocycles. The van der Waals surface area contributed by atoms with Crippen molar-refractivity contribution >= 4 is 35.0 Å². The molecule has 2 amide bonds. The van der Waals surface area contributed by atoms with Gasteiger partial charge in [0.05, 0.1) is 16.6 Å². The van der Waals surface area contributed by atoms with Gasteiger partial charge in [-0.05, 0) is 75.4 Å². The Kier molecular flexibility index (Phi) is 7.32. The van der Waals surface area contributed by atoms with Gasteiger partial charge in [-0.2, -0.15) is 0 Å². The molecule has 7 heteroatoms. The molecule has 0 radical (unpaired) electrons. The van der Waals surface area contributed by atoms with Gasteiger partial charge in [0.15, 0.2) is 0 Å². The third-order valence-electron chi connectivity index (χ3n) is 7.21. The van der Waals surface area contributed by atoms with E-state index in [0.717, 1.165) is 44.5 Å². The summed E-state index contributed by atoms with van der Waals surface area (Å²) >= 11 is 12.2. The maximum Gasteiger partial charge on any atom is 0.251 e. The number of halogens is 2. The van der Waals surface area contributed by atoms with Gasteiger partial charge in [-0.25, -0.2) is 0 Å². The zero-order valence-corrected chi connectivity index (χ0v) is 20.8. The molecule has 5 nitrogen and oxygen atoms in total. The fraction of sp³-hybridized carbons (Fsp3) is 0.462. The monoisotopic (exact) mass is 487 g/mol. The minimum atomic E-state index is -0.324. The van der Waals surface area contributed by atoms with Crippen LogP contribution in [0.5, 0.6) is 0 Å². The zero-order chi connectivity index (χ0) is 23.6.